The first-order chi connectivity index (χ1) is 11.0. The lowest BCUT2D eigenvalue weighted by molar-refractivity contribution is 0.0526. The Morgan fingerprint density at radius 2 is 2.09 bits per heavy atom. The minimum Gasteiger partial charge on any atom is -0.508 e. The van der Waals surface area contributed by atoms with E-state index in [0.717, 1.165) is 0 Å². The van der Waals surface area contributed by atoms with Gasteiger partial charge in [-0.15, -0.1) is 0 Å². The summed E-state index contributed by atoms with van der Waals surface area (Å²) in [5.74, 6) is 0.891. The topological polar surface area (TPSA) is 84.8 Å². The summed E-state index contributed by atoms with van der Waals surface area (Å²) < 4.78 is 10.3. The third kappa shape index (κ3) is 3.50. The molecule has 0 unspecified atom stereocenters. The van der Waals surface area contributed by atoms with Gasteiger partial charge in [-0.1, -0.05) is 0 Å². The molecule has 122 valence electrons. The zero-order chi connectivity index (χ0) is 17.0. The first kappa shape index (κ1) is 16.5. The monoisotopic (exact) mass is 317 g/mol. The second-order valence-electron chi connectivity index (χ2n) is 4.93. The molecular formula is C16H19N3O4. The van der Waals surface area contributed by atoms with Crippen LogP contribution in [0, 0.1) is 0 Å². The third-order valence-corrected chi connectivity index (χ3v) is 3.11. The Bertz CT molecular complexity index is 716. The number of carbonyl (C=O) groups excluding carboxylic acids is 1. The Morgan fingerprint density at radius 3 is 2.70 bits per heavy atom. The summed E-state index contributed by atoms with van der Waals surface area (Å²) in [7, 11) is 5.06. The highest BCUT2D eigenvalue weighted by Gasteiger charge is 2.19. The van der Waals surface area contributed by atoms with Crippen molar-refractivity contribution < 1.29 is 19.4 Å². The molecule has 0 aliphatic rings. The second kappa shape index (κ2) is 6.95. The lowest BCUT2D eigenvalue weighted by Crippen LogP contribution is -2.18. The first-order valence-electron chi connectivity index (χ1n) is 7.06. The molecule has 7 heteroatoms. The van der Waals surface area contributed by atoms with Crippen molar-refractivity contribution in [3.05, 3.63) is 30.0 Å². The summed E-state index contributed by atoms with van der Waals surface area (Å²) in [4.78, 5) is 22.4. The Morgan fingerprint density at radius 1 is 1.35 bits per heavy atom. The van der Waals surface area contributed by atoms with Gasteiger partial charge < -0.3 is 19.5 Å². The van der Waals surface area contributed by atoms with Crippen molar-refractivity contribution in [3.8, 4) is 22.9 Å². The highest BCUT2D eigenvalue weighted by molar-refractivity contribution is 5.94. The number of anilines is 1. The molecule has 2 rings (SSSR count). The lowest BCUT2D eigenvalue weighted by Gasteiger charge is -2.16. The third-order valence-electron chi connectivity index (χ3n) is 3.11. The number of esters is 1. The molecule has 2 aromatic rings. The number of rotatable bonds is 5. The number of aromatic nitrogens is 2. The molecular weight excluding hydrogens is 298 g/mol. The van der Waals surface area contributed by atoms with Crippen molar-refractivity contribution in [1.29, 1.82) is 0 Å². The van der Waals surface area contributed by atoms with E-state index in [1.807, 2.05) is 0 Å². The van der Waals surface area contributed by atoms with Gasteiger partial charge in [0.2, 0.25) is 0 Å². The van der Waals surface area contributed by atoms with Crippen LogP contribution in [0.25, 0.3) is 11.4 Å². The summed E-state index contributed by atoms with van der Waals surface area (Å²) in [6, 6.07) is 4.66. The van der Waals surface area contributed by atoms with Crippen LogP contribution in [-0.4, -0.2) is 48.9 Å². The molecule has 0 saturated carbocycles. The Labute approximate surface area is 134 Å². The molecule has 23 heavy (non-hydrogen) atoms. The van der Waals surface area contributed by atoms with Crippen LogP contribution in [0.3, 0.4) is 0 Å². The normalized spacial score (nSPS) is 10.3. The number of carbonyl (C=O) groups is 1. The van der Waals surface area contributed by atoms with Crippen LogP contribution in [0.4, 0.5) is 5.82 Å². The van der Waals surface area contributed by atoms with Crippen LogP contribution < -0.4 is 9.64 Å². The fraction of sp³-hybridized carbons (Fsp3) is 0.312. The van der Waals surface area contributed by atoms with Gasteiger partial charge in [-0.3, -0.25) is 0 Å². The molecule has 1 heterocycles. The number of methoxy groups -OCH3 is 1. The van der Waals surface area contributed by atoms with Gasteiger partial charge in [-0.25, -0.2) is 14.8 Å². The summed E-state index contributed by atoms with van der Waals surface area (Å²) in [6.07, 6.45) is 1.43. The minimum atomic E-state index is -0.472. The van der Waals surface area contributed by atoms with Crippen LogP contribution in [0.5, 0.6) is 11.5 Å². The van der Waals surface area contributed by atoms with Crippen molar-refractivity contribution in [1.82, 2.24) is 9.97 Å². The molecule has 0 fully saturated rings. The zero-order valence-electron chi connectivity index (χ0n) is 13.5. The van der Waals surface area contributed by atoms with E-state index in [2.05, 4.69) is 9.97 Å². The molecule has 1 aromatic carbocycles. The number of hydrogen-bond donors (Lipinski definition) is 1. The molecule has 0 spiro atoms. The van der Waals surface area contributed by atoms with E-state index in [4.69, 9.17) is 9.47 Å². The molecule has 0 radical (unpaired) electrons. The van der Waals surface area contributed by atoms with Gasteiger partial charge in [0, 0.05) is 26.4 Å². The van der Waals surface area contributed by atoms with E-state index in [1.54, 1.807) is 32.0 Å². The van der Waals surface area contributed by atoms with E-state index in [-0.39, 0.29) is 12.4 Å². The molecule has 0 amide bonds. The van der Waals surface area contributed by atoms with Crippen LogP contribution in [0.1, 0.15) is 17.3 Å². The van der Waals surface area contributed by atoms with Crippen molar-refractivity contribution in [3.63, 3.8) is 0 Å². The van der Waals surface area contributed by atoms with Crippen LogP contribution in [0.15, 0.2) is 24.4 Å². The van der Waals surface area contributed by atoms with E-state index >= 15 is 0 Å². The second-order valence-corrected chi connectivity index (χ2v) is 4.93. The highest BCUT2D eigenvalue weighted by atomic mass is 16.5. The lowest BCUT2D eigenvalue weighted by atomic mass is 10.1. The van der Waals surface area contributed by atoms with E-state index in [0.29, 0.717) is 28.5 Å². The van der Waals surface area contributed by atoms with Gasteiger partial charge in [-0.2, -0.15) is 0 Å². The van der Waals surface area contributed by atoms with E-state index in [1.165, 1.54) is 25.4 Å². The van der Waals surface area contributed by atoms with E-state index in [9.17, 15) is 9.90 Å². The molecule has 0 atom stereocenters. The number of benzene rings is 1. The molecule has 1 N–H and O–H groups in total. The van der Waals surface area contributed by atoms with Crippen molar-refractivity contribution in [2.45, 2.75) is 6.92 Å². The average Bonchev–Trinajstić information content (AvgIpc) is 2.54. The van der Waals surface area contributed by atoms with E-state index < -0.39 is 5.97 Å². The largest absolute Gasteiger partial charge is 0.508 e. The summed E-state index contributed by atoms with van der Waals surface area (Å²) >= 11 is 0. The van der Waals surface area contributed by atoms with Gasteiger partial charge in [-0.05, 0) is 19.1 Å². The van der Waals surface area contributed by atoms with Gasteiger partial charge in [0.15, 0.2) is 5.82 Å². The highest BCUT2D eigenvalue weighted by Crippen LogP contribution is 2.32. The van der Waals surface area contributed by atoms with Crippen LogP contribution in [0.2, 0.25) is 0 Å². The zero-order valence-corrected chi connectivity index (χ0v) is 13.5. The Hall–Kier alpha value is -2.83. The number of ether oxygens (including phenoxy) is 2. The predicted octanol–water partition coefficient (Wildman–Crippen LogP) is 2.10. The fourth-order valence-corrected chi connectivity index (χ4v) is 2.06. The van der Waals surface area contributed by atoms with Crippen molar-refractivity contribution in [2.75, 3.05) is 32.7 Å². The molecule has 0 aliphatic heterocycles. The quantitative estimate of drug-likeness (QED) is 0.845. The van der Waals surface area contributed by atoms with Gasteiger partial charge >= 0.3 is 5.97 Å². The maximum Gasteiger partial charge on any atom is 0.343 e. The smallest absolute Gasteiger partial charge is 0.343 e. The number of aromatic hydroxyl groups is 1. The Kier molecular flexibility index (Phi) is 5.00. The summed E-state index contributed by atoms with van der Waals surface area (Å²) in [5.41, 5.74) is 0.905. The standard InChI is InChI=1S/C16H19N3O4/c1-5-23-16(21)12-9-17-14(18-15(12)19(2)3)11-7-6-10(20)8-13(11)22-4/h6-9,20H,5H2,1-4H3. The number of hydrogen-bond acceptors (Lipinski definition) is 7. The van der Waals surface area contributed by atoms with Crippen LogP contribution >= 0.6 is 0 Å². The summed E-state index contributed by atoms with van der Waals surface area (Å²) in [6.45, 7) is 2.02. The van der Waals surface area contributed by atoms with Gasteiger partial charge in [0.25, 0.3) is 0 Å². The molecule has 7 nitrogen and oxygen atoms in total. The maximum absolute atomic E-state index is 12.0. The first-order valence-corrected chi connectivity index (χ1v) is 7.06. The fourth-order valence-electron chi connectivity index (χ4n) is 2.06. The number of nitrogens with zero attached hydrogens (tertiary/aromatic N) is 3. The summed E-state index contributed by atoms with van der Waals surface area (Å²) in [5, 5.41) is 9.54. The minimum absolute atomic E-state index is 0.0848. The number of phenolic OH excluding ortho intramolecular Hbond substituents is 1. The molecule has 0 aliphatic carbocycles. The predicted molar refractivity (Wildman–Crippen MR) is 86.0 cm³/mol. The number of phenols is 1. The van der Waals surface area contributed by atoms with Crippen molar-refractivity contribution >= 4 is 11.8 Å². The molecule has 0 saturated heterocycles. The van der Waals surface area contributed by atoms with Crippen LogP contribution in [-0.2, 0) is 4.74 Å². The average molecular weight is 317 g/mol. The van der Waals surface area contributed by atoms with Crippen molar-refractivity contribution in [2.24, 2.45) is 0 Å². The van der Waals surface area contributed by atoms with Gasteiger partial charge in [0.05, 0.1) is 19.3 Å². The maximum atomic E-state index is 12.0. The SMILES string of the molecule is CCOC(=O)c1cnc(-c2ccc(O)cc2OC)nc1N(C)C. The Balaban J connectivity index is 2.54. The molecule has 1 aromatic heterocycles. The molecule has 0 bridgehead atoms. The van der Waals surface area contributed by atoms with Gasteiger partial charge in [0.1, 0.15) is 22.9 Å².